The number of hydrogen-bond acceptors (Lipinski definition) is 17. The molecule has 491 valence electrons. The number of nitrogens with one attached hydrogen (secondary N) is 2. The predicted molar refractivity (Wildman–Crippen MR) is 367 cm³/mol. The van der Waals surface area contributed by atoms with Gasteiger partial charge in [0.25, 0.3) is 29.1 Å². The number of sulfonamides is 2. The number of nitrogens with two attached hydrogens (primary N) is 1. The summed E-state index contributed by atoms with van der Waals surface area (Å²) in [7, 11) is 3.13. The van der Waals surface area contributed by atoms with Gasteiger partial charge in [-0.05, 0) is 122 Å². The largest absolute Gasteiger partial charge is 0.569 e. The summed E-state index contributed by atoms with van der Waals surface area (Å²) in [6.07, 6.45) is 9.64. The quantitative estimate of drug-likeness (QED) is 0.0581. The molecule has 0 aliphatic carbocycles. The van der Waals surface area contributed by atoms with E-state index in [4.69, 9.17) is 58.8 Å². The first-order valence-corrected chi connectivity index (χ1v) is 34.7. The summed E-state index contributed by atoms with van der Waals surface area (Å²) < 4.78 is 141. The van der Waals surface area contributed by atoms with Crippen LogP contribution in [0.5, 0.6) is 17.2 Å². The van der Waals surface area contributed by atoms with Gasteiger partial charge in [0, 0.05) is 133 Å². The Labute approximate surface area is 573 Å². The number of hydrogen-bond donors (Lipinski definition) is 4. The maximum Gasteiger partial charge on any atom is 0.569 e. The number of nitrogen functional groups attached to an aromatic ring is 1. The van der Waals surface area contributed by atoms with Crippen molar-refractivity contribution < 1.29 is 66.8 Å². The third-order valence-electron chi connectivity index (χ3n) is 13.8. The van der Waals surface area contributed by atoms with Crippen LogP contribution in [0.25, 0.3) is 66.1 Å². The number of aromatic nitrogens is 6. The van der Waals surface area contributed by atoms with Gasteiger partial charge in [-0.3, -0.25) is 9.44 Å². The molecule has 0 saturated heterocycles. The molecule has 0 aliphatic rings. The molecule has 7 aromatic carbocycles. The van der Waals surface area contributed by atoms with Gasteiger partial charge in [-0.25, -0.2) is 34.0 Å². The number of fused-ring (bicyclic) bond motifs is 3. The zero-order valence-electron chi connectivity index (χ0n) is 49.9. The SMILES string of the molecule is COc1cc(-c2cccc(F)c2)c(Cl)cc1-c1cn(C)c2cc(S(=O)(=O)Nc3ccon3)ccc12.COc1cc(-c2cccc(F)c2)c(Cl)cc1O[B]O.Cn1cc(Br)c2ccc(S(=O)(=O)Cl)cc21.Cn1cc(Br)c2ccc(S(=O)(=O)Nc3ccon3)cc21.Nc1ccon1. The summed E-state index contributed by atoms with van der Waals surface area (Å²) >= 11 is 19.6. The van der Waals surface area contributed by atoms with Gasteiger partial charge < -0.3 is 52.2 Å². The normalized spacial score (nSPS) is 11.3. The van der Waals surface area contributed by atoms with Gasteiger partial charge in [0.05, 0.1) is 45.0 Å². The van der Waals surface area contributed by atoms with Crippen LogP contribution in [0.15, 0.2) is 220 Å². The fourth-order valence-electron chi connectivity index (χ4n) is 9.37. The van der Waals surface area contributed by atoms with Crippen molar-refractivity contribution in [2.45, 2.75) is 14.7 Å². The second-order valence-corrected chi connectivity index (χ2v) is 28.4. The Bertz CT molecular complexity index is 5250. The minimum atomic E-state index is -3.87. The van der Waals surface area contributed by atoms with E-state index >= 15 is 0 Å². The number of aryl methyl sites for hydroxylation is 3. The first kappa shape index (κ1) is 70.5. The molecule has 6 heterocycles. The molecule has 0 atom stereocenters. The molecular formula is C62H50BBr2Cl3F2N9O13S3. The van der Waals surface area contributed by atoms with Gasteiger partial charge >= 0.3 is 7.69 Å². The lowest BCUT2D eigenvalue weighted by Crippen LogP contribution is -2.13. The van der Waals surface area contributed by atoms with E-state index in [-0.39, 0.29) is 43.7 Å². The molecule has 95 heavy (non-hydrogen) atoms. The molecule has 0 amide bonds. The van der Waals surface area contributed by atoms with Crippen molar-refractivity contribution >= 4 is 153 Å². The second-order valence-electron chi connectivity index (χ2n) is 20.0. The number of nitrogens with zero attached hydrogens (tertiary/aromatic N) is 6. The van der Waals surface area contributed by atoms with Gasteiger partial charge in [-0.1, -0.05) is 81.1 Å². The van der Waals surface area contributed by atoms with Crippen LogP contribution in [0.1, 0.15) is 0 Å². The Morgan fingerprint density at radius 3 is 1.40 bits per heavy atom. The van der Waals surface area contributed by atoms with E-state index in [1.807, 2.05) is 53.4 Å². The van der Waals surface area contributed by atoms with E-state index in [2.05, 4.69) is 70.3 Å². The summed E-state index contributed by atoms with van der Waals surface area (Å²) in [5.41, 5.74) is 11.4. The zero-order valence-corrected chi connectivity index (χ0v) is 57.8. The van der Waals surface area contributed by atoms with Crippen LogP contribution in [-0.4, -0.2) is 81.4 Å². The molecule has 0 fully saturated rings. The first-order chi connectivity index (χ1) is 45.2. The predicted octanol–water partition coefficient (Wildman–Crippen LogP) is 15.0. The lowest BCUT2D eigenvalue weighted by atomic mass is 9.98. The number of benzene rings is 7. The Morgan fingerprint density at radius 1 is 0.526 bits per heavy atom. The summed E-state index contributed by atoms with van der Waals surface area (Å²) in [4.78, 5) is 0.360. The van der Waals surface area contributed by atoms with Crippen molar-refractivity contribution in [2.24, 2.45) is 21.1 Å². The van der Waals surface area contributed by atoms with Crippen LogP contribution in [0.4, 0.5) is 26.2 Å². The molecule has 0 bridgehead atoms. The number of ether oxygens (including phenoxy) is 2. The van der Waals surface area contributed by atoms with Crippen molar-refractivity contribution in [3.63, 3.8) is 0 Å². The van der Waals surface area contributed by atoms with Gasteiger partial charge in [-0.2, -0.15) is 0 Å². The second kappa shape index (κ2) is 30.3. The Morgan fingerprint density at radius 2 is 0.968 bits per heavy atom. The average molecular weight is 1540 g/mol. The molecule has 0 saturated carbocycles. The van der Waals surface area contributed by atoms with Crippen molar-refractivity contribution in [1.82, 2.24) is 29.2 Å². The van der Waals surface area contributed by atoms with Gasteiger partial charge in [0.2, 0.25) is 0 Å². The van der Waals surface area contributed by atoms with E-state index in [1.165, 1.54) is 80.5 Å². The van der Waals surface area contributed by atoms with Crippen LogP contribution in [0, 0.1) is 11.6 Å². The summed E-state index contributed by atoms with van der Waals surface area (Å²) in [5.74, 6) is 1.16. The van der Waals surface area contributed by atoms with Crippen LogP contribution in [0.2, 0.25) is 10.0 Å². The molecule has 13 rings (SSSR count). The number of anilines is 3. The highest BCUT2D eigenvalue weighted by Crippen LogP contribution is 2.43. The lowest BCUT2D eigenvalue weighted by Gasteiger charge is -2.13. The highest BCUT2D eigenvalue weighted by atomic mass is 79.9. The topological polar surface area (TPSA) is 293 Å². The summed E-state index contributed by atoms with van der Waals surface area (Å²) in [6.45, 7) is 0. The monoisotopic (exact) mass is 1540 g/mol. The first-order valence-electron chi connectivity index (χ1n) is 27.1. The Kier molecular flexibility index (Phi) is 22.5. The molecule has 6 aromatic heterocycles. The van der Waals surface area contributed by atoms with Crippen LogP contribution in [0.3, 0.4) is 0 Å². The summed E-state index contributed by atoms with van der Waals surface area (Å²) in [6, 6.07) is 37.9. The highest BCUT2D eigenvalue weighted by molar-refractivity contribution is 9.11. The molecule has 33 heteroatoms. The molecule has 13 aromatic rings. The molecule has 22 nitrogen and oxygen atoms in total. The van der Waals surface area contributed by atoms with Crippen molar-refractivity contribution in [3.8, 4) is 50.6 Å². The van der Waals surface area contributed by atoms with E-state index in [1.54, 1.807) is 98.1 Å². The van der Waals surface area contributed by atoms with E-state index in [0.717, 1.165) is 47.3 Å². The smallest absolute Gasteiger partial charge is 0.535 e. The molecule has 1 radical (unpaired) electrons. The van der Waals surface area contributed by atoms with Crippen molar-refractivity contribution in [3.05, 3.63) is 214 Å². The molecule has 5 N–H and O–H groups in total. The van der Waals surface area contributed by atoms with Crippen LogP contribution >= 0.6 is 65.7 Å². The number of methoxy groups -OCH3 is 2. The van der Waals surface area contributed by atoms with Crippen molar-refractivity contribution in [1.29, 1.82) is 0 Å². The molecular weight excluding hydrogens is 1490 g/mol. The summed E-state index contributed by atoms with van der Waals surface area (Å²) in [5, 5.41) is 22.6. The molecule has 0 spiro atoms. The molecule has 0 aliphatic heterocycles. The number of rotatable bonds is 14. The third kappa shape index (κ3) is 17.0. The van der Waals surface area contributed by atoms with Crippen molar-refractivity contribution in [2.75, 3.05) is 29.4 Å². The Balaban J connectivity index is 0.000000152. The van der Waals surface area contributed by atoms with Crippen LogP contribution in [-0.2, 0) is 50.2 Å². The lowest BCUT2D eigenvalue weighted by molar-refractivity contribution is 0.382. The standard InChI is InChI=1S/C25H19ClFN3O4S.C13H10BClFO3.C12H10BrN3O3S.C9H7BrClNO2S.C3H4N2O/c1-30-14-21(18-7-6-17(11-23(18)30)35(31,32)29-25-8-9-34-28-25)20-12-22(26)19(13-24(20)33-2)15-4-3-5-16(27)10-15;1-18-12-6-10(8-3-2-4-9(16)5-8)11(15)7-13(12)19-14-17;1-16-7-10(13)9-3-2-8(6-11(9)16)20(17,18)15-12-4-5-19-14-12;1-12-5-8(10)7-3-2-6(4-9(7)12)15(11,13)14;4-3-1-2-6-5-3/h3-14H,1-2H3,(H,28,29);2-7,17H,1H3;2-7H,1H3,(H,14,15);2-5H,1H3;1-2H,(H2,4,5). The average Bonchev–Trinajstić information content (AvgIpc) is 1.69. The minimum absolute atomic E-state index is 0.0761. The van der Waals surface area contributed by atoms with E-state index < -0.39 is 29.1 Å². The minimum Gasteiger partial charge on any atom is -0.535 e. The third-order valence-corrected chi connectivity index (χ3v) is 19.7. The molecule has 0 unspecified atom stereocenters. The Hall–Kier alpha value is -8.85. The van der Waals surface area contributed by atoms with Crippen LogP contribution < -0.4 is 29.3 Å². The van der Waals surface area contributed by atoms with Gasteiger partial charge in [-0.15, -0.1) is 0 Å². The fraction of sp³-hybridized carbons (Fsp3) is 0.0806. The highest BCUT2D eigenvalue weighted by Gasteiger charge is 2.23. The zero-order chi connectivity index (χ0) is 68.5. The van der Waals surface area contributed by atoms with Gasteiger partial charge in [0.1, 0.15) is 41.9 Å². The fourth-order valence-corrected chi connectivity index (χ4v) is 14.0. The number of halogens is 7. The maximum absolute atomic E-state index is 13.8. The maximum atomic E-state index is 13.8. The van der Waals surface area contributed by atoms with Gasteiger partial charge in [0.15, 0.2) is 23.2 Å². The van der Waals surface area contributed by atoms with E-state index in [0.29, 0.717) is 62.8 Å². The van der Waals surface area contributed by atoms with E-state index in [9.17, 15) is 34.0 Å².